The van der Waals surface area contributed by atoms with E-state index >= 15 is 0 Å². The fraction of sp³-hybridized carbons (Fsp3) is 0.588. The molecule has 0 aromatic heterocycles. The van der Waals surface area contributed by atoms with Gasteiger partial charge in [0.25, 0.3) is 5.91 Å². The number of benzene rings is 1. The highest BCUT2D eigenvalue weighted by Gasteiger charge is 2.40. The first kappa shape index (κ1) is 15.0. The van der Waals surface area contributed by atoms with Gasteiger partial charge in [-0.2, -0.15) is 0 Å². The molecule has 1 fully saturated rings. The van der Waals surface area contributed by atoms with E-state index in [1.165, 1.54) is 11.1 Å². The van der Waals surface area contributed by atoms with E-state index in [9.17, 15) is 4.79 Å². The monoisotopic (exact) mass is 275 g/mol. The zero-order valence-electron chi connectivity index (χ0n) is 13.4. The largest absolute Gasteiger partial charge is 0.318 e. The molecule has 2 rings (SSSR count). The van der Waals surface area contributed by atoms with Crippen molar-refractivity contribution in [3.05, 3.63) is 29.3 Å². The molecule has 20 heavy (non-hydrogen) atoms. The molecule has 0 bridgehead atoms. The van der Waals surface area contributed by atoms with Gasteiger partial charge in [-0.3, -0.25) is 4.79 Å². The number of likely N-dealkylation sites (N-methyl/N-ethyl adjacent to an activating group) is 1. The summed E-state index contributed by atoms with van der Waals surface area (Å²) in [4.78, 5) is 15.0. The minimum atomic E-state index is 0.0905. The van der Waals surface area contributed by atoms with E-state index in [4.69, 9.17) is 0 Å². The van der Waals surface area contributed by atoms with Crippen LogP contribution in [0.4, 0.5) is 5.69 Å². The highest BCUT2D eigenvalue weighted by molar-refractivity contribution is 5.98. The van der Waals surface area contributed by atoms with Crippen molar-refractivity contribution >= 4 is 11.6 Å². The average Bonchev–Trinajstić information content (AvgIpc) is 2.40. The molecule has 3 heteroatoms. The van der Waals surface area contributed by atoms with Crippen molar-refractivity contribution in [2.75, 3.05) is 32.1 Å². The lowest BCUT2D eigenvalue weighted by atomic mass is 9.98. The van der Waals surface area contributed by atoms with Crippen LogP contribution in [0.25, 0.3) is 0 Å². The molecule has 1 amide bonds. The SMILES string of the molecule is CC[N+](C)(C)C1CCCN(c2c(C)cccc2C)C1=O. The Bertz CT molecular complexity index is 487. The number of aryl methyl sites for hydroxylation is 2. The van der Waals surface area contributed by atoms with Crippen LogP contribution in [-0.4, -0.2) is 43.6 Å². The van der Waals surface area contributed by atoms with Gasteiger partial charge in [-0.05, 0) is 38.3 Å². The second-order valence-corrected chi connectivity index (χ2v) is 6.48. The molecule has 0 spiro atoms. The Hall–Kier alpha value is -1.35. The van der Waals surface area contributed by atoms with E-state index in [1.807, 2.05) is 4.90 Å². The second kappa shape index (κ2) is 5.57. The summed E-state index contributed by atoms with van der Waals surface area (Å²) in [6.45, 7) is 8.19. The maximum atomic E-state index is 12.9. The van der Waals surface area contributed by atoms with Crippen molar-refractivity contribution in [2.45, 2.75) is 39.7 Å². The van der Waals surface area contributed by atoms with Crippen LogP contribution in [0.1, 0.15) is 30.9 Å². The van der Waals surface area contributed by atoms with Crippen LogP contribution < -0.4 is 4.90 Å². The Kier molecular flexibility index (Phi) is 4.19. The number of amides is 1. The summed E-state index contributed by atoms with van der Waals surface area (Å²) in [5, 5.41) is 0. The molecule has 0 aliphatic carbocycles. The van der Waals surface area contributed by atoms with Crippen molar-refractivity contribution in [2.24, 2.45) is 0 Å². The van der Waals surface area contributed by atoms with Gasteiger partial charge in [0.05, 0.1) is 20.6 Å². The number of carbonyl (C=O) groups is 1. The number of hydrogen-bond acceptors (Lipinski definition) is 1. The third-order valence-corrected chi connectivity index (χ3v) is 4.78. The van der Waals surface area contributed by atoms with E-state index in [-0.39, 0.29) is 6.04 Å². The highest BCUT2D eigenvalue weighted by atomic mass is 16.2. The van der Waals surface area contributed by atoms with Crippen LogP contribution >= 0.6 is 0 Å². The molecule has 0 N–H and O–H groups in total. The first-order valence-electron chi connectivity index (χ1n) is 7.58. The molecule has 3 nitrogen and oxygen atoms in total. The number of carbonyl (C=O) groups excluding carboxylic acids is 1. The number of para-hydroxylation sites is 1. The third-order valence-electron chi connectivity index (χ3n) is 4.78. The molecule has 0 saturated carbocycles. The molecule has 1 aromatic rings. The molecule has 1 aliphatic heterocycles. The first-order valence-corrected chi connectivity index (χ1v) is 7.58. The van der Waals surface area contributed by atoms with Gasteiger partial charge in [-0.15, -0.1) is 0 Å². The lowest BCUT2D eigenvalue weighted by Crippen LogP contribution is -2.59. The lowest BCUT2D eigenvalue weighted by Gasteiger charge is -2.42. The maximum absolute atomic E-state index is 12.9. The molecule has 1 aliphatic rings. The zero-order valence-corrected chi connectivity index (χ0v) is 13.4. The van der Waals surface area contributed by atoms with Gasteiger partial charge in [-0.25, -0.2) is 0 Å². The molecule has 0 radical (unpaired) electrons. The Labute approximate surface area is 122 Å². The summed E-state index contributed by atoms with van der Waals surface area (Å²) in [6.07, 6.45) is 2.09. The van der Waals surface area contributed by atoms with E-state index in [0.717, 1.165) is 36.1 Å². The summed E-state index contributed by atoms with van der Waals surface area (Å²) in [6, 6.07) is 6.34. The zero-order chi connectivity index (χ0) is 14.9. The van der Waals surface area contributed by atoms with Gasteiger partial charge in [0.2, 0.25) is 0 Å². The first-order chi connectivity index (χ1) is 9.38. The number of piperidine rings is 1. The number of hydrogen-bond donors (Lipinski definition) is 0. The van der Waals surface area contributed by atoms with E-state index in [0.29, 0.717) is 5.91 Å². The summed E-state index contributed by atoms with van der Waals surface area (Å²) in [5.74, 6) is 0.292. The molecule has 1 heterocycles. The molecule has 1 unspecified atom stereocenters. The Morgan fingerprint density at radius 2 is 1.85 bits per heavy atom. The minimum Gasteiger partial charge on any atom is -0.318 e. The van der Waals surface area contributed by atoms with Crippen molar-refractivity contribution in [3.8, 4) is 0 Å². The van der Waals surface area contributed by atoms with Crippen molar-refractivity contribution in [1.29, 1.82) is 0 Å². The van der Waals surface area contributed by atoms with E-state index in [1.54, 1.807) is 0 Å². The summed E-state index contributed by atoms with van der Waals surface area (Å²) in [5.41, 5.74) is 3.51. The van der Waals surface area contributed by atoms with Gasteiger partial charge >= 0.3 is 0 Å². The van der Waals surface area contributed by atoms with Crippen LogP contribution in [-0.2, 0) is 4.79 Å². The van der Waals surface area contributed by atoms with Crippen LogP contribution in [0, 0.1) is 13.8 Å². The number of rotatable bonds is 3. The van der Waals surface area contributed by atoms with Gasteiger partial charge in [-0.1, -0.05) is 18.2 Å². The summed E-state index contributed by atoms with van der Waals surface area (Å²) in [7, 11) is 4.33. The lowest BCUT2D eigenvalue weighted by molar-refractivity contribution is -0.904. The molecule has 110 valence electrons. The van der Waals surface area contributed by atoms with Crippen LogP contribution in [0.2, 0.25) is 0 Å². The van der Waals surface area contributed by atoms with Crippen LogP contribution in [0.5, 0.6) is 0 Å². The normalized spacial score (nSPS) is 20.4. The van der Waals surface area contributed by atoms with Crippen molar-refractivity contribution in [3.63, 3.8) is 0 Å². The predicted octanol–water partition coefficient (Wildman–Crippen LogP) is 2.90. The summed E-state index contributed by atoms with van der Waals surface area (Å²) >= 11 is 0. The number of quaternary nitrogens is 1. The Morgan fingerprint density at radius 3 is 2.40 bits per heavy atom. The average molecular weight is 275 g/mol. The van der Waals surface area contributed by atoms with Crippen LogP contribution in [0.15, 0.2) is 18.2 Å². The van der Waals surface area contributed by atoms with Gasteiger partial charge < -0.3 is 9.38 Å². The van der Waals surface area contributed by atoms with Gasteiger partial charge in [0.15, 0.2) is 6.04 Å². The van der Waals surface area contributed by atoms with Crippen LogP contribution in [0.3, 0.4) is 0 Å². The summed E-state index contributed by atoms with van der Waals surface area (Å²) < 4.78 is 0.778. The molecular formula is C17H27N2O+. The van der Waals surface area contributed by atoms with Gasteiger partial charge in [0.1, 0.15) is 0 Å². The molecular weight excluding hydrogens is 248 g/mol. The van der Waals surface area contributed by atoms with E-state index < -0.39 is 0 Å². The quantitative estimate of drug-likeness (QED) is 0.777. The molecule has 1 atom stereocenters. The molecule has 1 saturated heterocycles. The van der Waals surface area contributed by atoms with E-state index in [2.05, 4.69) is 53.1 Å². The molecule has 1 aromatic carbocycles. The Balaban J connectivity index is 2.36. The Morgan fingerprint density at radius 1 is 1.25 bits per heavy atom. The maximum Gasteiger partial charge on any atom is 0.285 e. The highest BCUT2D eigenvalue weighted by Crippen LogP contribution is 2.30. The number of anilines is 1. The van der Waals surface area contributed by atoms with Gasteiger partial charge in [0, 0.05) is 18.7 Å². The van der Waals surface area contributed by atoms with Crippen molar-refractivity contribution in [1.82, 2.24) is 0 Å². The smallest absolute Gasteiger partial charge is 0.285 e. The second-order valence-electron chi connectivity index (χ2n) is 6.48. The topological polar surface area (TPSA) is 20.3 Å². The minimum absolute atomic E-state index is 0.0905. The van der Waals surface area contributed by atoms with Crippen molar-refractivity contribution < 1.29 is 9.28 Å². The fourth-order valence-corrected chi connectivity index (χ4v) is 3.18. The third kappa shape index (κ3) is 2.59. The fourth-order valence-electron chi connectivity index (χ4n) is 3.18. The standard InChI is InChI=1S/C17H27N2O/c1-6-19(4,5)15-11-8-12-18(17(15)20)16-13(2)9-7-10-14(16)3/h7,9-10,15H,6,8,11-12H2,1-5H3/q+1. The predicted molar refractivity (Wildman–Crippen MR) is 83.9 cm³/mol. The number of nitrogens with zero attached hydrogens (tertiary/aromatic N) is 2.